The van der Waals surface area contributed by atoms with Gasteiger partial charge in [0.1, 0.15) is 11.5 Å². The molecule has 0 fully saturated rings. The Bertz CT molecular complexity index is 929. The quantitative estimate of drug-likeness (QED) is 0.442. The lowest BCUT2D eigenvalue weighted by molar-refractivity contribution is 0.414. The number of hydrogen-bond donors (Lipinski definition) is 0. The summed E-state index contributed by atoms with van der Waals surface area (Å²) in [6.07, 6.45) is 4.97. The van der Waals surface area contributed by atoms with Crippen molar-refractivity contribution in [3.8, 4) is 17.2 Å². The first-order valence-corrected chi connectivity index (χ1v) is 9.31. The van der Waals surface area contributed by atoms with Crippen molar-refractivity contribution in [2.45, 2.75) is 25.7 Å². The van der Waals surface area contributed by atoms with E-state index in [1.165, 1.54) is 11.6 Å². The number of allylic oxidation sites excluding steroid dienone is 1. The van der Waals surface area contributed by atoms with E-state index in [9.17, 15) is 4.39 Å². The van der Waals surface area contributed by atoms with Gasteiger partial charge >= 0.3 is 0 Å². The molecule has 0 aliphatic carbocycles. The Kier molecular flexibility index (Phi) is 6.15. The zero-order chi connectivity index (χ0) is 20.0. The van der Waals surface area contributed by atoms with Crippen molar-refractivity contribution < 1.29 is 13.9 Å². The van der Waals surface area contributed by atoms with Gasteiger partial charge in [-0.15, -0.1) is 0 Å². The molecule has 2 nitrogen and oxygen atoms in total. The van der Waals surface area contributed by atoms with Crippen molar-refractivity contribution in [1.29, 1.82) is 0 Å². The van der Waals surface area contributed by atoms with Gasteiger partial charge in [-0.05, 0) is 59.4 Å². The van der Waals surface area contributed by atoms with Gasteiger partial charge in [0.25, 0.3) is 0 Å². The lowest BCUT2D eigenvalue weighted by Crippen LogP contribution is -2.15. The summed E-state index contributed by atoms with van der Waals surface area (Å²) < 4.78 is 25.0. The van der Waals surface area contributed by atoms with Crippen molar-refractivity contribution in [2.75, 3.05) is 7.11 Å². The molecule has 0 unspecified atom stereocenters. The fourth-order valence-electron chi connectivity index (χ4n) is 2.97. The molecule has 144 valence electrons. The number of rotatable bonds is 7. The van der Waals surface area contributed by atoms with Gasteiger partial charge in [0.15, 0.2) is 11.6 Å². The standard InChI is InChI=1S/C25H25FO2/c1-25(2,20-12-14-21(27-3)15-13-20)17-7-8-19-11-16-23(26)24(18-19)28-22-9-5-4-6-10-22/h4-16,18H,17H2,1-3H3/b8-7+. The minimum Gasteiger partial charge on any atom is -0.497 e. The molecule has 0 bridgehead atoms. The molecule has 0 atom stereocenters. The number of hydrogen-bond acceptors (Lipinski definition) is 2. The van der Waals surface area contributed by atoms with Crippen molar-refractivity contribution in [3.63, 3.8) is 0 Å². The second-order valence-electron chi connectivity index (χ2n) is 7.32. The van der Waals surface area contributed by atoms with Gasteiger partial charge in [-0.2, -0.15) is 0 Å². The first-order chi connectivity index (χ1) is 13.5. The number of para-hydroxylation sites is 1. The van der Waals surface area contributed by atoms with Crippen LogP contribution in [-0.2, 0) is 5.41 Å². The molecule has 3 rings (SSSR count). The predicted octanol–water partition coefficient (Wildman–Crippen LogP) is 7.01. The Labute approximate surface area is 166 Å². The highest BCUT2D eigenvalue weighted by Crippen LogP contribution is 2.30. The third-order valence-electron chi connectivity index (χ3n) is 4.74. The minimum absolute atomic E-state index is 0.0217. The lowest BCUT2D eigenvalue weighted by Gasteiger charge is -2.24. The smallest absolute Gasteiger partial charge is 0.165 e. The second kappa shape index (κ2) is 8.75. The van der Waals surface area contributed by atoms with Gasteiger partial charge < -0.3 is 9.47 Å². The molecule has 0 saturated heterocycles. The molecule has 3 aromatic carbocycles. The minimum atomic E-state index is -0.375. The average molecular weight is 376 g/mol. The van der Waals surface area contributed by atoms with Crippen LogP contribution in [0.4, 0.5) is 4.39 Å². The predicted molar refractivity (Wildman–Crippen MR) is 113 cm³/mol. The van der Waals surface area contributed by atoms with Crippen molar-refractivity contribution in [3.05, 3.63) is 95.8 Å². The molecule has 3 heteroatoms. The van der Waals surface area contributed by atoms with Crippen LogP contribution >= 0.6 is 0 Å². The van der Waals surface area contributed by atoms with Gasteiger partial charge in [0.05, 0.1) is 7.11 Å². The van der Waals surface area contributed by atoms with Crippen molar-refractivity contribution in [1.82, 2.24) is 0 Å². The Balaban J connectivity index is 1.70. The van der Waals surface area contributed by atoms with Crippen molar-refractivity contribution in [2.24, 2.45) is 0 Å². The summed E-state index contributed by atoms with van der Waals surface area (Å²) in [6.45, 7) is 4.40. The molecule has 3 aromatic rings. The number of benzene rings is 3. The fraction of sp³-hybridized carbons (Fsp3) is 0.200. The summed E-state index contributed by atoms with van der Waals surface area (Å²) in [4.78, 5) is 0. The lowest BCUT2D eigenvalue weighted by atomic mass is 9.81. The molecule has 28 heavy (non-hydrogen) atoms. The zero-order valence-electron chi connectivity index (χ0n) is 16.5. The van der Waals surface area contributed by atoms with E-state index in [1.807, 2.05) is 36.4 Å². The number of ether oxygens (including phenoxy) is 2. The highest BCUT2D eigenvalue weighted by Gasteiger charge is 2.18. The normalized spacial score (nSPS) is 11.6. The van der Waals surface area contributed by atoms with Gasteiger partial charge in [-0.3, -0.25) is 0 Å². The maximum atomic E-state index is 14.1. The van der Waals surface area contributed by atoms with E-state index < -0.39 is 0 Å². The van der Waals surface area contributed by atoms with Crippen LogP contribution in [0.15, 0.2) is 78.9 Å². The van der Waals surface area contributed by atoms with Crippen LogP contribution in [0.5, 0.6) is 17.2 Å². The van der Waals surface area contributed by atoms with Crippen LogP contribution in [0.25, 0.3) is 6.08 Å². The van der Waals surface area contributed by atoms with Gasteiger partial charge in [0, 0.05) is 0 Å². The molecule has 0 saturated carbocycles. The van der Waals surface area contributed by atoms with Crippen LogP contribution in [0.1, 0.15) is 31.4 Å². The Morgan fingerprint density at radius 2 is 1.61 bits per heavy atom. The summed E-state index contributed by atoms with van der Waals surface area (Å²) in [5, 5.41) is 0. The van der Waals surface area contributed by atoms with Crippen LogP contribution in [-0.4, -0.2) is 7.11 Å². The Morgan fingerprint density at radius 1 is 0.893 bits per heavy atom. The van der Waals surface area contributed by atoms with E-state index in [0.29, 0.717) is 5.75 Å². The van der Waals surface area contributed by atoms with Crippen LogP contribution < -0.4 is 9.47 Å². The van der Waals surface area contributed by atoms with E-state index in [4.69, 9.17) is 9.47 Å². The molecule has 0 aromatic heterocycles. The molecular weight excluding hydrogens is 351 g/mol. The highest BCUT2D eigenvalue weighted by atomic mass is 19.1. The maximum Gasteiger partial charge on any atom is 0.165 e. The maximum absolute atomic E-state index is 14.1. The first-order valence-electron chi connectivity index (χ1n) is 9.31. The van der Waals surface area contributed by atoms with Gasteiger partial charge in [-0.25, -0.2) is 4.39 Å². The summed E-state index contributed by atoms with van der Waals surface area (Å²) in [5.74, 6) is 1.32. The van der Waals surface area contributed by atoms with E-state index in [1.54, 1.807) is 31.4 Å². The molecule has 0 radical (unpaired) electrons. The molecule has 0 spiro atoms. The van der Waals surface area contributed by atoms with Crippen LogP contribution in [0.2, 0.25) is 0 Å². The SMILES string of the molecule is COc1ccc(C(C)(C)C/C=C/c2ccc(F)c(Oc3ccccc3)c2)cc1. The molecule has 0 N–H and O–H groups in total. The topological polar surface area (TPSA) is 18.5 Å². The Hall–Kier alpha value is -3.07. The highest BCUT2D eigenvalue weighted by molar-refractivity contribution is 5.53. The van der Waals surface area contributed by atoms with E-state index in [2.05, 4.69) is 32.1 Å². The molecule has 0 heterocycles. The Morgan fingerprint density at radius 3 is 2.29 bits per heavy atom. The van der Waals surface area contributed by atoms with Gasteiger partial charge in [-0.1, -0.05) is 62.4 Å². The number of methoxy groups -OCH3 is 1. The van der Waals surface area contributed by atoms with E-state index >= 15 is 0 Å². The monoisotopic (exact) mass is 376 g/mol. The first kappa shape index (κ1) is 19.7. The summed E-state index contributed by atoms with van der Waals surface area (Å²) in [5.41, 5.74) is 2.12. The molecule has 0 amide bonds. The summed E-state index contributed by atoms with van der Waals surface area (Å²) >= 11 is 0. The molecule has 0 aliphatic heterocycles. The third-order valence-corrected chi connectivity index (χ3v) is 4.74. The second-order valence-corrected chi connectivity index (χ2v) is 7.32. The molecule has 0 aliphatic rings. The largest absolute Gasteiger partial charge is 0.497 e. The summed E-state index contributed by atoms with van der Waals surface area (Å²) in [6, 6.07) is 22.3. The summed E-state index contributed by atoms with van der Waals surface area (Å²) in [7, 11) is 1.67. The van der Waals surface area contributed by atoms with Crippen LogP contribution in [0, 0.1) is 5.82 Å². The van der Waals surface area contributed by atoms with Gasteiger partial charge in [0.2, 0.25) is 0 Å². The average Bonchev–Trinajstić information content (AvgIpc) is 2.71. The zero-order valence-corrected chi connectivity index (χ0v) is 16.5. The van der Waals surface area contributed by atoms with Crippen LogP contribution in [0.3, 0.4) is 0 Å². The third kappa shape index (κ3) is 5.01. The van der Waals surface area contributed by atoms with Crippen molar-refractivity contribution >= 4 is 6.08 Å². The number of halogens is 1. The fourth-order valence-corrected chi connectivity index (χ4v) is 2.97. The van der Waals surface area contributed by atoms with E-state index in [0.717, 1.165) is 17.7 Å². The van der Waals surface area contributed by atoms with E-state index in [-0.39, 0.29) is 17.0 Å². The molecular formula is C25H25FO2.